The van der Waals surface area contributed by atoms with Crippen LogP contribution in [0.2, 0.25) is 0 Å². The highest BCUT2D eigenvalue weighted by molar-refractivity contribution is 5.76. The predicted molar refractivity (Wildman–Crippen MR) is 267 cm³/mol. The first-order valence-corrected chi connectivity index (χ1v) is 28.2. The smallest absolute Gasteiger partial charge is 0.220 e. The quantitative estimate of drug-likeness (QED) is 0.0534. The number of amides is 1. The highest BCUT2D eigenvalue weighted by Crippen LogP contribution is 2.18. The van der Waals surface area contributed by atoms with Gasteiger partial charge in [-0.2, -0.15) is 0 Å². The van der Waals surface area contributed by atoms with E-state index in [0.29, 0.717) is 12.8 Å². The lowest BCUT2D eigenvalue weighted by atomic mass is 10.0. The lowest BCUT2D eigenvalue weighted by Gasteiger charge is -2.22. The molecule has 0 radical (unpaired) electrons. The summed E-state index contributed by atoms with van der Waals surface area (Å²) in [5.41, 5.74) is 0. The maximum atomic E-state index is 12.5. The van der Waals surface area contributed by atoms with Crippen LogP contribution in [0.3, 0.4) is 0 Å². The first-order valence-electron chi connectivity index (χ1n) is 28.2. The van der Waals surface area contributed by atoms with Gasteiger partial charge < -0.3 is 15.5 Å². The van der Waals surface area contributed by atoms with Gasteiger partial charge in [0.25, 0.3) is 0 Å². The fourth-order valence-corrected chi connectivity index (χ4v) is 9.31. The molecule has 0 aliphatic carbocycles. The van der Waals surface area contributed by atoms with E-state index in [-0.39, 0.29) is 12.5 Å². The molecule has 4 nitrogen and oxygen atoms in total. The van der Waals surface area contributed by atoms with E-state index in [4.69, 9.17) is 0 Å². The van der Waals surface area contributed by atoms with Gasteiger partial charge in [0, 0.05) is 6.42 Å². The van der Waals surface area contributed by atoms with Gasteiger partial charge in [-0.05, 0) is 12.8 Å². The largest absolute Gasteiger partial charge is 0.394 e. The third kappa shape index (κ3) is 48.4. The molecule has 2 atom stereocenters. The van der Waals surface area contributed by atoms with Crippen LogP contribution in [-0.4, -0.2) is 34.9 Å². The zero-order valence-corrected chi connectivity index (χ0v) is 41.5. The van der Waals surface area contributed by atoms with Gasteiger partial charge in [-0.1, -0.05) is 316 Å². The van der Waals surface area contributed by atoms with Crippen LogP contribution in [-0.2, 0) is 4.79 Å². The number of aliphatic hydroxyl groups is 2. The molecule has 0 saturated heterocycles. The van der Waals surface area contributed by atoms with Crippen molar-refractivity contribution in [2.75, 3.05) is 6.61 Å². The Morgan fingerprint density at radius 1 is 0.333 bits per heavy atom. The fraction of sp³-hybridized carbons (Fsp3) is 0.982. The molecule has 0 spiro atoms. The Hall–Kier alpha value is -0.610. The van der Waals surface area contributed by atoms with Crippen molar-refractivity contribution in [3.63, 3.8) is 0 Å². The first kappa shape index (κ1) is 59.4. The molecule has 0 bridgehead atoms. The Balaban J connectivity index is 3.33. The molecule has 0 rings (SSSR count). The molecule has 0 aliphatic rings. The average Bonchev–Trinajstić information content (AvgIpc) is 3.25. The Bertz CT molecular complexity index is 788. The van der Waals surface area contributed by atoms with E-state index in [1.807, 2.05) is 0 Å². The van der Waals surface area contributed by atoms with Crippen molar-refractivity contribution >= 4 is 5.91 Å². The van der Waals surface area contributed by atoms with Crippen molar-refractivity contribution in [2.24, 2.45) is 0 Å². The van der Waals surface area contributed by atoms with Gasteiger partial charge in [0.2, 0.25) is 5.91 Å². The molecule has 0 unspecified atom stereocenters. The van der Waals surface area contributed by atoms with Crippen molar-refractivity contribution in [3.8, 4) is 0 Å². The zero-order valence-electron chi connectivity index (χ0n) is 41.5. The van der Waals surface area contributed by atoms with Gasteiger partial charge in [0.05, 0.1) is 18.8 Å². The Morgan fingerprint density at radius 2 is 0.533 bits per heavy atom. The SMILES string of the molecule is CCCCCCCCCCCCCCCCCCCCCCCCCCCCCCCCCCCCCC(=O)N[C@@H](CO)[C@H](O)CCCCCCCCCCCCCCC. The number of unbranched alkanes of at least 4 members (excludes halogenated alkanes) is 46. The van der Waals surface area contributed by atoms with Gasteiger partial charge in [-0.15, -0.1) is 0 Å². The molecular formula is C56H113NO3. The molecule has 0 saturated carbocycles. The van der Waals surface area contributed by atoms with Crippen LogP contribution in [0.5, 0.6) is 0 Å². The van der Waals surface area contributed by atoms with Crippen LogP contribution in [0.1, 0.15) is 335 Å². The summed E-state index contributed by atoms with van der Waals surface area (Å²) in [5.74, 6) is -0.0236. The second-order valence-corrected chi connectivity index (χ2v) is 19.7. The number of carbonyl (C=O) groups excluding carboxylic acids is 1. The summed E-state index contributed by atoms with van der Waals surface area (Å²) in [5, 5.41) is 23.2. The average molecular weight is 849 g/mol. The van der Waals surface area contributed by atoms with Crippen LogP contribution in [0.15, 0.2) is 0 Å². The van der Waals surface area contributed by atoms with E-state index in [0.717, 1.165) is 25.7 Å². The van der Waals surface area contributed by atoms with Gasteiger partial charge in [-0.3, -0.25) is 4.79 Å². The van der Waals surface area contributed by atoms with Crippen molar-refractivity contribution in [2.45, 2.75) is 347 Å². The lowest BCUT2D eigenvalue weighted by molar-refractivity contribution is -0.123. The summed E-state index contributed by atoms with van der Waals surface area (Å²) in [6.07, 6.45) is 66.8. The minimum absolute atomic E-state index is 0.0236. The van der Waals surface area contributed by atoms with Gasteiger partial charge in [-0.25, -0.2) is 0 Å². The molecule has 3 N–H and O–H groups in total. The third-order valence-electron chi connectivity index (χ3n) is 13.6. The predicted octanol–water partition coefficient (Wildman–Crippen LogP) is 18.4. The number of nitrogens with one attached hydrogen (secondary N) is 1. The summed E-state index contributed by atoms with van der Waals surface area (Å²) >= 11 is 0. The highest BCUT2D eigenvalue weighted by atomic mass is 16.3. The maximum absolute atomic E-state index is 12.5. The fourth-order valence-electron chi connectivity index (χ4n) is 9.31. The second-order valence-electron chi connectivity index (χ2n) is 19.7. The van der Waals surface area contributed by atoms with Crippen molar-refractivity contribution in [1.29, 1.82) is 0 Å². The number of hydrogen-bond acceptors (Lipinski definition) is 3. The van der Waals surface area contributed by atoms with Crippen LogP contribution in [0.4, 0.5) is 0 Å². The van der Waals surface area contributed by atoms with E-state index in [1.165, 1.54) is 283 Å². The molecule has 360 valence electrons. The first-order chi connectivity index (χ1) is 29.7. The van der Waals surface area contributed by atoms with E-state index >= 15 is 0 Å². The number of aliphatic hydroxyl groups excluding tert-OH is 2. The lowest BCUT2D eigenvalue weighted by Crippen LogP contribution is -2.45. The Morgan fingerprint density at radius 3 is 0.750 bits per heavy atom. The van der Waals surface area contributed by atoms with Crippen molar-refractivity contribution in [1.82, 2.24) is 5.32 Å². The summed E-state index contributed by atoms with van der Waals surface area (Å²) in [4.78, 5) is 12.5. The standard InChI is InChI=1S/C56H113NO3/c1-3-5-7-9-11-13-15-17-18-19-20-21-22-23-24-25-26-27-28-29-30-31-32-33-34-35-36-37-38-40-42-44-46-48-50-52-56(60)57-54(53-58)55(59)51-49-47-45-43-41-39-16-14-12-10-8-6-4-2/h54-55,58-59H,3-53H2,1-2H3,(H,57,60)/t54-,55+/m0/s1. The van der Waals surface area contributed by atoms with E-state index in [1.54, 1.807) is 0 Å². The van der Waals surface area contributed by atoms with E-state index < -0.39 is 12.1 Å². The summed E-state index contributed by atoms with van der Waals surface area (Å²) in [6.45, 7) is 4.39. The van der Waals surface area contributed by atoms with E-state index in [9.17, 15) is 15.0 Å². The number of rotatable bonds is 53. The molecule has 0 fully saturated rings. The Kier molecular flexibility index (Phi) is 52.2. The Labute approximate surface area is 378 Å². The summed E-state index contributed by atoms with van der Waals surface area (Å²) in [7, 11) is 0. The molecule has 0 aromatic rings. The third-order valence-corrected chi connectivity index (χ3v) is 13.6. The molecule has 0 aromatic carbocycles. The molecule has 60 heavy (non-hydrogen) atoms. The second kappa shape index (κ2) is 52.7. The van der Waals surface area contributed by atoms with Gasteiger partial charge >= 0.3 is 0 Å². The summed E-state index contributed by atoms with van der Waals surface area (Å²) < 4.78 is 0. The van der Waals surface area contributed by atoms with Crippen LogP contribution in [0.25, 0.3) is 0 Å². The van der Waals surface area contributed by atoms with Crippen LogP contribution < -0.4 is 5.32 Å². The number of hydrogen-bond donors (Lipinski definition) is 3. The maximum Gasteiger partial charge on any atom is 0.220 e. The number of carbonyl (C=O) groups is 1. The topological polar surface area (TPSA) is 69.6 Å². The zero-order chi connectivity index (χ0) is 43.5. The minimum Gasteiger partial charge on any atom is -0.394 e. The monoisotopic (exact) mass is 848 g/mol. The van der Waals surface area contributed by atoms with Crippen LogP contribution >= 0.6 is 0 Å². The molecule has 1 amide bonds. The minimum atomic E-state index is -0.653. The van der Waals surface area contributed by atoms with Crippen molar-refractivity contribution < 1.29 is 15.0 Å². The van der Waals surface area contributed by atoms with Crippen molar-refractivity contribution in [3.05, 3.63) is 0 Å². The molecule has 0 aromatic heterocycles. The van der Waals surface area contributed by atoms with Gasteiger partial charge in [0.15, 0.2) is 0 Å². The van der Waals surface area contributed by atoms with Crippen LogP contribution in [0, 0.1) is 0 Å². The normalized spacial score (nSPS) is 12.7. The molecule has 4 heteroatoms. The summed E-state index contributed by atoms with van der Waals surface area (Å²) in [6, 6.07) is -0.530. The molecule has 0 heterocycles. The highest BCUT2D eigenvalue weighted by Gasteiger charge is 2.20. The molecule has 0 aliphatic heterocycles. The van der Waals surface area contributed by atoms with E-state index in [2.05, 4.69) is 19.2 Å². The van der Waals surface area contributed by atoms with Gasteiger partial charge in [0.1, 0.15) is 0 Å². The molecular weight excluding hydrogens is 735 g/mol.